The number of ether oxygens (including phenoxy) is 5. The molecule has 0 saturated heterocycles. The van der Waals surface area contributed by atoms with Crippen molar-refractivity contribution < 1.29 is 28.5 Å². The van der Waals surface area contributed by atoms with Gasteiger partial charge in [0.15, 0.2) is 23.0 Å². The lowest BCUT2D eigenvalue weighted by molar-refractivity contribution is -0.111. The van der Waals surface area contributed by atoms with E-state index in [0.717, 1.165) is 11.1 Å². The van der Waals surface area contributed by atoms with Crippen LogP contribution < -0.4 is 34.7 Å². The normalized spacial score (nSPS) is 10.9. The summed E-state index contributed by atoms with van der Waals surface area (Å²) in [6.07, 6.45) is 6.94. The monoisotopic (exact) mass is 490 g/mol. The molecule has 36 heavy (non-hydrogen) atoms. The highest BCUT2D eigenvalue weighted by atomic mass is 16.5. The van der Waals surface area contributed by atoms with Gasteiger partial charge in [-0.1, -0.05) is 24.3 Å². The Labute approximate surface area is 210 Å². The van der Waals surface area contributed by atoms with Gasteiger partial charge in [-0.15, -0.1) is 0 Å². The molecule has 0 aliphatic heterocycles. The van der Waals surface area contributed by atoms with Crippen LogP contribution in [0.2, 0.25) is 0 Å². The number of carbonyl (C=O) groups is 1. The van der Waals surface area contributed by atoms with E-state index in [-0.39, 0.29) is 5.91 Å². The third-order valence-electron chi connectivity index (χ3n) is 5.27. The molecular weight excluding hydrogens is 460 g/mol. The average Bonchev–Trinajstić information content (AvgIpc) is 2.89. The standard InChI is InChI=1S/C28H30N2O6/c1-32-23-15-19(14-22(29)27(23)35-4)11-12-26(31)30-21-8-6-7-18(13-21)9-10-20-16-24(33-2)28(36-5)25(17-20)34-3/h6-17H,29H2,1-5H3,(H,30,31)/b10-9?,12-11+. The predicted molar refractivity (Wildman–Crippen MR) is 143 cm³/mol. The maximum absolute atomic E-state index is 12.5. The second kappa shape index (κ2) is 12.2. The van der Waals surface area contributed by atoms with Gasteiger partial charge in [-0.25, -0.2) is 0 Å². The molecule has 0 aromatic heterocycles. The van der Waals surface area contributed by atoms with Crippen molar-refractivity contribution in [1.29, 1.82) is 0 Å². The smallest absolute Gasteiger partial charge is 0.248 e. The van der Waals surface area contributed by atoms with Crippen LogP contribution in [0.5, 0.6) is 28.7 Å². The molecule has 0 saturated carbocycles. The van der Waals surface area contributed by atoms with Gasteiger partial charge in [0, 0.05) is 11.8 Å². The highest BCUT2D eigenvalue weighted by Gasteiger charge is 2.12. The molecule has 0 fully saturated rings. The van der Waals surface area contributed by atoms with Gasteiger partial charge < -0.3 is 34.7 Å². The van der Waals surface area contributed by atoms with Gasteiger partial charge in [-0.2, -0.15) is 0 Å². The lowest BCUT2D eigenvalue weighted by atomic mass is 10.1. The van der Waals surface area contributed by atoms with Crippen molar-refractivity contribution in [2.24, 2.45) is 0 Å². The molecule has 0 unspecified atom stereocenters. The molecule has 3 rings (SSSR count). The summed E-state index contributed by atoms with van der Waals surface area (Å²) in [5, 5.41) is 2.86. The zero-order valence-corrected chi connectivity index (χ0v) is 21.0. The van der Waals surface area contributed by atoms with Crippen LogP contribution in [0.1, 0.15) is 16.7 Å². The molecule has 0 atom stereocenters. The number of hydrogen-bond acceptors (Lipinski definition) is 7. The number of nitrogen functional groups attached to an aromatic ring is 1. The second-order valence-corrected chi connectivity index (χ2v) is 7.59. The summed E-state index contributed by atoms with van der Waals surface area (Å²) in [4.78, 5) is 12.5. The van der Waals surface area contributed by atoms with Crippen LogP contribution in [0.15, 0.2) is 54.6 Å². The van der Waals surface area contributed by atoms with E-state index in [1.807, 2.05) is 48.6 Å². The summed E-state index contributed by atoms with van der Waals surface area (Å²) in [5.74, 6) is 2.33. The molecule has 1 amide bonds. The van der Waals surface area contributed by atoms with E-state index in [2.05, 4.69) is 5.32 Å². The molecule has 188 valence electrons. The van der Waals surface area contributed by atoms with Crippen molar-refractivity contribution in [2.45, 2.75) is 0 Å². The first-order valence-corrected chi connectivity index (χ1v) is 11.0. The van der Waals surface area contributed by atoms with E-state index >= 15 is 0 Å². The Balaban J connectivity index is 1.73. The zero-order chi connectivity index (χ0) is 26.1. The number of nitrogens with two attached hydrogens (primary N) is 1. The second-order valence-electron chi connectivity index (χ2n) is 7.59. The quantitative estimate of drug-likeness (QED) is 0.231. The van der Waals surface area contributed by atoms with E-state index in [0.29, 0.717) is 45.7 Å². The van der Waals surface area contributed by atoms with Gasteiger partial charge in [-0.3, -0.25) is 4.79 Å². The third-order valence-corrected chi connectivity index (χ3v) is 5.27. The van der Waals surface area contributed by atoms with Gasteiger partial charge in [0.25, 0.3) is 0 Å². The SMILES string of the molecule is COc1cc(/C=C/C(=O)Nc2cccc(C=Cc3cc(OC)c(OC)c(OC)c3)c2)cc(N)c1OC. The molecular formula is C28H30N2O6. The number of hydrogen-bond donors (Lipinski definition) is 2. The van der Waals surface area contributed by atoms with Crippen molar-refractivity contribution in [1.82, 2.24) is 0 Å². The van der Waals surface area contributed by atoms with Crippen molar-refractivity contribution >= 4 is 35.5 Å². The Morgan fingerprint density at radius 2 is 1.25 bits per heavy atom. The first-order chi connectivity index (χ1) is 17.4. The molecule has 0 radical (unpaired) electrons. The first kappa shape index (κ1) is 26.0. The highest BCUT2D eigenvalue weighted by Crippen LogP contribution is 2.38. The molecule has 8 nitrogen and oxygen atoms in total. The van der Waals surface area contributed by atoms with Gasteiger partial charge in [0.1, 0.15) is 0 Å². The van der Waals surface area contributed by atoms with Crippen LogP contribution in [0.4, 0.5) is 11.4 Å². The predicted octanol–water partition coefficient (Wildman–Crippen LogP) is 5.13. The summed E-state index contributed by atoms with van der Waals surface area (Å²) in [5.41, 5.74) is 9.57. The van der Waals surface area contributed by atoms with Crippen molar-refractivity contribution in [3.05, 3.63) is 71.3 Å². The summed E-state index contributed by atoms with van der Waals surface area (Å²) in [7, 11) is 7.76. The fraction of sp³-hybridized carbons (Fsp3) is 0.179. The summed E-state index contributed by atoms with van der Waals surface area (Å²) in [6.45, 7) is 0. The molecule has 0 spiro atoms. The minimum absolute atomic E-state index is 0.283. The number of methoxy groups -OCH3 is 5. The number of rotatable bonds is 10. The van der Waals surface area contributed by atoms with Crippen LogP contribution >= 0.6 is 0 Å². The average molecular weight is 491 g/mol. The van der Waals surface area contributed by atoms with Crippen LogP contribution in [0.3, 0.4) is 0 Å². The van der Waals surface area contributed by atoms with E-state index in [9.17, 15) is 4.79 Å². The van der Waals surface area contributed by atoms with Gasteiger partial charge in [0.05, 0.1) is 41.2 Å². The fourth-order valence-electron chi connectivity index (χ4n) is 3.58. The third kappa shape index (κ3) is 6.29. The Bertz CT molecular complexity index is 1260. The molecule has 0 bridgehead atoms. The summed E-state index contributed by atoms with van der Waals surface area (Å²) >= 11 is 0. The van der Waals surface area contributed by atoms with E-state index in [1.165, 1.54) is 20.3 Å². The Hall–Kier alpha value is -4.59. The van der Waals surface area contributed by atoms with E-state index < -0.39 is 0 Å². The Morgan fingerprint density at radius 1 is 0.694 bits per heavy atom. The number of nitrogens with one attached hydrogen (secondary N) is 1. The van der Waals surface area contributed by atoms with Gasteiger partial charge in [-0.05, 0) is 59.2 Å². The number of benzene rings is 3. The van der Waals surface area contributed by atoms with E-state index in [4.69, 9.17) is 29.4 Å². The first-order valence-electron chi connectivity index (χ1n) is 11.0. The molecule has 3 aromatic rings. The molecule has 0 heterocycles. The minimum Gasteiger partial charge on any atom is -0.493 e. The molecule has 0 aliphatic rings. The minimum atomic E-state index is -0.283. The van der Waals surface area contributed by atoms with E-state index in [1.54, 1.807) is 39.5 Å². The fourth-order valence-corrected chi connectivity index (χ4v) is 3.58. The molecule has 8 heteroatoms. The lowest BCUT2D eigenvalue weighted by Gasteiger charge is -2.12. The van der Waals surface area contributed by atoms with Crippen LogP contribution in [-0.4, -0.2) is 41.5 Å². The van der Waals surface area contributed by atoms with Crippen molar-refractivity contribution in [2.75, 3.05) is 46.6 Å². The van der Waals surface area contributed by atoms with Crippen molar-refractivity contribution in [3.63, 3.8) is 0 Å². The van der Waals surface area contributed by atoms with Gasteiger partial charge >= 0.3 is 0 Å². The lowest BCUT2D eigenvalue weighted by Crippen LogP contribution is -2.07. The van der Waals surface area contributed by atoms with Crippen LogP contribution in [-0.2, 0) is 4.79 Å². The summed E-state index contributed by atoms with van der Waals surface area (Å²) < 4.78 is 26.7. The van der Waals surface area contributed by atoms with Gasteiger partial charge in [0.2, 0.25) is 11.7 Å². The molecule has 3 N–H and O–H groups in total. The number of amides is 1. The summed E-state index contributed by atoms with van der Waals surface area (Å²) in [6, 6.07) is 14.7. The number of carbonyl (C=O) groups excluding carboxylic acids is 1. The van der Waals surface area contributed by atoms with Crippen LogP contribution in [0, 0.1) is 0 Å². The largest absolute Gasteiger partial charge is 0.493 e. The Morgan fingerprint density at radius 3 is 1.83 bits per heavy atom. The van der Waals surface area contributed by atoms with Crippen molar-refractivity contribution in [3.8, 4) is 28.7 Å². The number of anilines is 2. The molecule has 3 aromatic carbocycles. The molecule has 0 aliphatic carbocycles. The van der Waals surface area contributed by atoms with Crippen LogP contribution in [0.25, 0.3) is 18.2 Å². The topological polar surface area (TPSA) is 101 Å². The Kier molecular flexibility index (Phi) is 8.83. The highest BCUT2D eigenvalue weighted by molar-refractivity contribution is 6.02. The zero-order valence-electron chi connectivity index (χ0n) is 21.0. The maximum Gasteiger partial charge on any atom is 0.248 e. The maximum atomic E-state index is 12.5.